The van der Waals surface area contributed by atoms with Gasteiger partial charge in [-0.25, -0.2) is 4.52 Å². The van der Waals surface area contributed by atoms with Crippen molar-refractivity contribution in [3.05, 3.63) is 30.1 Å². The second-order valence-corrected chi connectivity index (χ2v) is 4.38. The van der Waals surface area contributed by atoms with Gasteiger partial charge in [-0.15, -0.1) is 0 Å². The second kappa shape index (κ2) is 3.47. The summed E-state index contributed by atoms with van der Waals surface area (Å²) < 4.78 is 7.09. The first-order chi connectivity index (χ1) is 8.20. The number of pyridine rings is 1. The number of aliphatic hydroxyl groups is 1. The molecule has 0 aliphatic heterocycles. The number of rotatable bonds is 3. The molecule has 5 nitrogen and oxygen atoms in total. The van der Waals surface area contributed by atoms with Crippen LogP contribution in [0.4, 0.5) is 0 Å². The molecule has 0 spiro atoms. The number of fused-ring (bicyclic) bond motifs is 1. The monoisotopic (exact) mass is 229 g/mol. The van der Waals surface area contributed by atoms with Crippen molar-refractivity contribution in [3.8, 4) is 11.8 Å². The van der Waals surface area contributed by atoms with E-state index in [0.717, 1.165) is 18.4 Å². The smallest absolute Gasteiger partial charge is 0.137 e. The first-order valence-electron chi connectivity index (χ1n) is 5.43. The molecule has 1 aliphatic carbocycles. The molecule has 2 aromatic heterocycles. The van der Waals surface area contributed by atoms with Crippen molar-refractivity contribution in [2.75, 3.05) is 6.61 Å². The standard InChI is InChI=1S/C12H11N3O2/c13-5-9-6-14-15-7-10(1-2-11(9)15)17-8-12(16)3-4-12/h1-2,6-7,16H,3-4,8H2. The molecule has 2 heterocycles. The average Bonchev–Trinajstić information content (AvgIpc) is 2.94. The van der Waals surface area contributed by atoms with E-state index in [1.54, 1.807) is 22.8 Å². The highest BCUT2D eigenvalue weighted by Gasteiger charge is 2.41. The zero-order valence-corrected chi connectivity index (χ0v) is 9.13. The fraction of sp³-hybridized carbons (Fsp3) is 0.333. The second-order valence-electron chi connectivity index (χ2n) is 4.38. The predicted molar refractivity (Wildman–Crippen MR) is 59.6 cm³/mol. The van der Waals surface area contributed by atoms with Crippen LogP contribution in [0.5, 0.6) is 5.75 Å². The van der Waals surface area contributed by atoms with Gasteiger partial charge in [-0.1, -0.05) is 0 Å². The van der Waals surface area contributed by atoms with E-state index in [9.17, 15) is 5.11 Å². The van der Waals surface area contributed by atoms with Gasteiger partial charge in [0.25, 0.3) is 0 Å². The Kier molecular flexibility index (Phi) is 2.06. The summed E-state index contributed by atoms with van der Waals surface area (Å²) >= 11 is 0. The molecule has 1 saturated carbocycles. The third-order valence-corrected chi connectivity index (χ3v) is 2.94. The fourth-order valence-electron chi connectivity index (χ4n) is 1.64. The van der Waals surface area contributed by atoms with Crippen molar-refractivity contribution < 1.29 is 9.84 Å². The summed E-state index contributed by atoms with van der Waals surface area (Å²) in [4.78, 5) is 0. The first kappa shape index (κ1) is 10.1. The van der Waals surface area contributed by atoms with Crippen LogP contribution in [0.3, 0.4) is 0 Å². The molecule has 17 heavy (non-hydrogen) atoms. The van der Waals surface area contributed by atoms with Crippen LogP contribution in [0.25, 0.3) is 5.52 Å². The van der Waals surface area contributed by atoms with Gasteiger partial charge in [0.2, 0.25) is 0 Å². The zero-order chi connectivity index (χ0) is 11.9. The van der Waals surface area contributed by atoms with E-state index in [0.29, 0.717) is 17.9 Å². The average molecular weight is 229 g/mol. The predicted octanol–water partition coefficient (Wildman–Crippen LogP) is 1.11. The molecule has 0 saturated heterocycles. The van der Waals surface area contributed by atoms with Crippen molar-refractivity contribution in [2.45, 2.75) is 18.4 Å². The Labute approximate surface area is 97.9 Å². The Bertz CT molecular complexity index is 608. The van der Waals surface area contributed by atoms with Crippen molar-refractivity contribution in [1.29, 1.82) is 5.26 Å². The normalized spacial score (nSPS) is 16.7. The Morgan fingerprint density at radius 1 is 1.53 bits per heavy atom. The molecule has 0 unspecified atom stereocenters. The van der Waals surface area contributed by atoms with Crippen LogP contribution in [-0.2, 0) is 0 Å². The van der Waals surface area contributed by atoms with Crippen LogP contribution in [-0.4, -0.2) is 26.9 Å². The summed E-state index contributed by atoms with van der Waals surface area (Å²) in [6.45, 7) is 0.310. The molecule has 1 aliphatic rings. The van der Waals surface area contributed by atoms with Crippen molar-refractivity contribution in [1.82, 2.24) is 9.61 Å². The van der Waals surface area contributed by atoms with Gasteiger partial charge in [0.15, 0.2) is 0 Å². The SMILES string of the molecule is N#Cc1cnn2cc(OCC3(O)CC3)ccc12. The molecule has 86 valence electrons. The maximum atomic E-state index is 9.66. The van der Waals surface area contributed by atoms with E-state index in [1.165, 1.54) is 6.20 Å². The summed E-state index contributed by atoms with van der Waals surface area (Å²) in [5, 5.41) is 22.6. The molecule has 1 N–H and O–H groups in total. The minimum absolute atomic E-state index is 0.310. The number of hydrogen-bond donors (Lipinski definition) is 1. The van der Waals surface area contributed by atoms with Crippen molar-refractivity contribution in [2.24, 2.45) is 0 Å². The summed E-state index contributed by atoms with van der Waals surface area (Å²) in [6.07, 6.45) is 4.83. The Morgan fingerprint density at radius 2 is 2.35 bits per heavy atom. The van der Waals surface area contributed by atoms with Gasteiger partial charge in [-0.05, 0) is 25.0 Å². The molecular formula is C12H11N3O2. The maximum Gasteiger partial charge on any atom is 0.137 e. The van der Waals surface area contributed by atoms with Crippen LogP contribution in [0.15, 0.2) is 24.5 Å². The van der Waals surface area contributed by atoms with Gasteiger partial charge in [0.1, 0.15) is 18.4 Å². The summed E-state index contributed by atoms with van der Waals surface area (Å²) in [5.74, 6) is 0.644. The number of ether oxygens (including phenoxy) is 1. The van der Waals surface area contributed by atoms with Crippen LogP contribution in [0.1, 0.15) is 18.4 Å². The van der Waals surface area contributed by atoms with Crippen LogP contribution in [0, 0.1) is 11.3 Å². The van der Waals surface area contributed by atoms with E-state index in [1.807, 2.05) is 0 Å². The van der Waals surface area contributed by atoms with Gasteiger partial charge < -0.3 is 9.84 Å². The van der Waals surface area contributed by atoms with E-state index in [-0.39, 0.29) is 0 Å². The number of aromatic nitrogens is 2. The minimum atomic E-state index is -0.628. The van der Waals surface area contributed by atoms with Crippen LogP contribution < -0.4 is 4.74 Å². The zero-order valence-electron chi connectivity index (χ0n) is 9.13. The summed E-state index contributed by atoms with van der Waals surface area (Å²) in [7, 11) is 0. The van der Waals surface area contributed by atoms with Gasteiger partial charge >= 0.3 is 0 Å². The molecule has 3 rings (SSSR count). The summed E-state index contributed by atoms with van der Waals surface area (Å²) in [6, 6.07) is 5.64. The lowest BCUT2D eigenvalue weighted by Gasteiger charge is -2.10. The van der Waals surface area contributed by atoms with E-state index in [4.69, 9.17) is 10.00 Å². The molecular weight excluding hydrogens is 218 g/mol. The molecule has 0 bridgehead atoms. The van der Waals surface area contributed by atoms with E-state index >= 15 is 0 Å². The number of nitriles is 1. The fourth-order valence-corrected chi connectivity index (χ4v) is 1.64. The quantitative estimate of drug-likeness (QED) is 0.855. The topological polar surface area (TPSA) is 70.6 Å². The van der Waals surface area contributed by atoms with Crippen LogP contribution >= 0.6 is 0 Å². The highest BCUT2D eigenvalue weighted by molar-refractivity contribution is 5.60. The van der Waals surface area contributed by atoms with Gasteiger partial charge in [-0.3, -0.25) is 0 Å². The largest absolute Gasteiger partial charge is 0.489 e. The number of nitrogens with zero attached hydrogens (tertiary/aromatic N) is 3. The molecule has 0 radical (unpaired) electrons. The highest BCUT2D eigenvalue weighted by Crippen LogP contribution is 2.35. The molecule has 0 aromatic carbocycles. The highest BCUT2D eigenvalue weighted by atomic mass is 16.5. The Morgan fingerprint density at radius 3 is 3.06 bits per heavy atom. The lowest BCUT2D eigenvalue weighted by Crippen LogP contribution is -2.18. The molecule has 1 fully saturated rings. The molecule has 0 atom stereocenters. The number of hydrogen-bond acceptors (Lipinski definition) is 4. The third-order valence-electron chi connectivity index (χ3n) is 2.94. The minimum Gasteiger partial charge on any atom is -0.489 e. The lowest BCUT2D eigenvalue weighted by atomic mass is 10.3. The molecule has 0 amide bonds. The lowest BCUT2D eigenvalue weighted by molar-refractivity contribution is 0.0854. The van der Waals surface area contributed by atoms with Crippen LogP contribution in [0.2, 0.25) is 0 Å². The van der Waals surface area contributed by atoms with Crippen molar-refractivity contribution in [3.63, 3.8) is 0 Å². The van der Waals surface area contributed by atoms with Gasteiger partial charge in [0.05, 0.1) is 29.1 Å². The Balaban J connectivity index is 1.84. The summed E-state index contributed by atoms with van der Waals surface area (Å²) in [5.41, 5.74) is 0.666. The third kappa shape index (κ3) is 1.83. The Hall–Kier alpha value is -2.06. The van der Waals surface area contributed by atoms with E-state index < -0.39 is 5.60 Å². The van der Waals surface area contributed by atoms with Gasteiger partial charge in [0, 0.05) is 0 Å². The van der Waals surface area contributed by atoms with Gasteiger partial charge in [-0.2, -0.15) is 10.4 Å². The maximum absolute atomic E-state index is 9.66. The molecule has 2 aromatic rings. The molecule has 5 heteroatoms. The van der Waals surface area contributed by atoms with E-state index in [2.05, 4.69) is 11.2 Å². The first-order valence-corrected chi connectivity index (χ1v) is 5.43. The van der Waals surface area contributed by atoms with Crippen molar-refractivity contribution >= 4 is 5.52 Å².